The average molecular weight is 229 g/mol. The predicted octanol–water partition coefficient (Wildman–Crippen LogP) is 4.40. The SMILES string of the molecule is C[C](OC(C)(C)C(C)C)OC(C)(C)C(C)C. The van der Waals surface area contributed by atoms with E-state index in [0.29, 0.717) is 18.1 Å². The molecule has 2 nitrogen and oxygen atoms in total. The fourth-order valence-electron chi connectivity index (χ4n) is 0.997. The molecule has 0 rings (SSSR count). The van der Waals surface area contributed by atoms with Crippen molar-refractivity contribution in [1.29, 1.82) is 0 Å². The van der Waals surface area contributed by atoms with Crippen LogP contribution >= 0.6 is 0 Å². The molecule has 1 radical (unpaired) electrons. The molecule has 0 spiro atoms. The molecule has 0 atom stereocenters. The molecule has 0 aliphatic rings. The zero-order valence-electron chi connectivity index (χ0n) is 12.5. The lowest BCUT2D eigenvalue weighted by Crippen LogP contribution is -2.38. The van der Waals surface area contributed by atoms with Gasteiger partial charge < -0.3 is 9.47 Å². The Kier molecular flexibility index (Phi) is 5.48. The molecule has 0 aliphatic heterocycles. The summed E-state index contributed by atoms with van der Waals surface area (Å²) in [5, 5.41) is 0. The Morgan fingerprint density at radius 2 is 1.00 bits per heavy atom. The molecule has 0 saturated carbocycles. The van der Waals surface area contributed by atoms with Crippen molar-refractivity contribution >= 4 is 0 Å². The van der Waals surface area contributed by atoms with Crippen LogP contribution in [0, 0.1) is 18.1 Å². The third-order valence-electron chi connectivity index (χ3n) is 3.59. The maximum atomic E-state index is 5.88. The minimum atomic E-state index is -0.183. The lowest BCUT2D eigenvalue weighted by atomic mass is 9.94. The molecule has 0 amide bonds. The van der Waals surface area contributed by atoms with Gasteiger partial charge in [0.2, 0.25) is 6.29 Å². The topological polar surface area (TPSA) is 18.5 Å². The van der Waals surface area contributed by atoms with Crippen LogP contribution in [0.25, 0.3) is 0 Å². The van der Waals surface area contributed by atoms with Crippen LogP contribution in [-0.2, 0) is 9.47 Å². The van der Waals surface area contributed by atoms with Crippen molar-refractivity contribution in [1.82, 2.24) is 0 Å². The molecule has 0 fully saturated rings. The van der Waals surface area contributed by atoms with Gasteiger partial charge in [-0.2, -0.15) is 0 Å². The van der Waals surface area contributed by atoms with Gasteiger partial charge in [-0.15, -0.1) is 0 Å². The van der Waals surface area contributed by atoms with E-state index in [9.17, 15) is 0 Å². The second-order valence-corrected chi connectivity index (χ2v) is 6.21. The van der Waals surface area contributed by atoms with E-state index in [2.05, 4.69) is 55.4 Å². The van der Waals surface area contributed by atoms with E-state index in [1.54, 1.807) is 0 Å². The minimum absolute atomic E-state index is 0.183. The first-order valence-electron chi connectivity index (χ1n) is 6.20. The highest BCUT2D eigenvalue weighted by Crippen LogP contribution is 2.30. The fourth-order valence-corrected chi connectivity index (χ4v) is 0.997. The van der Waals surface area contributed by atoms with Crippen molar-refractivity contribution in [2.24, 2.45) is 11.8 Å². The van der Waals surface area contributed by atoms with Crippen LogP contribution in [0.2, 0.25) is 0 Å². The van der Waals surface area contributed by atoms with Crippen LogP contribution in [0.3, 0.4) is 0 Å². The quantitative estimate of drug-likeness (QED) is 0.672. The molecule has 16 heavy (non-hydrogen) atoms. The Labute approximate surface area is 102 Å². The van der Waals surface area contributed by atoms with Gasteiger partial charge in [-0.25, -0.2) is 0 Å². The molecule has 2 heteroatoms. The van der Waals surface area contributed by atoms with Gasteiger partial charge in [0.15, 0.2) is 0 Å². The van der Waals surface area contributed by atoms with Crippen LogP contribution in [-0.4, -0.2) is 11.2 Å². The summed E-state index contributed by atoms with van der Waals surface area (Å²) in [5.41, 5.74) is -0.367. The molecule has 0 aromatic rings. The van der Waals surface area contributed by atoms with Crippen molar-refractivity contribution in [2.75, 3.05) is 0 Å². The van der Waals surface area contributed by atoms with Gasteiger partial charge in [-0.3, -0.25) is 0 Å². The third kappa shape index (κ3) is 4.84. The average Bonchev–Trinajstić information content (AvgIpc) is 2.00. The maximum absolute atomic E-state index is 5.88. The molecule has 0 N–H and O–H groups in total. The van der Waals surface area contributed by atoms with Gasteiger partial charge >= 0.3 is 0 Å². The van der Waals surface area contributed by atoms with E-state index in [4.69, 9.17) is 9.47 Å². The van der Waals surface area contributed by atoms with Crippen LogP contribution in [0.15, 0.2) is 0 Å². The van der Waals surface area contributed by atoms with Crippen molar-refractivity contribution in [3.8, 4) is 0 Å². The number of hydrogen-bond acceptors (Lipinski definition) is 2. The van der Waals surface area contributed by atoms with Crippen LogP contribution in [0.5, 0.6) is 0 Å². The molecule has 0 heterocycles. The van der Waals surface area contributed by atoms with Crippen LogP contribution in [0.1, 0.15) is 62.3 Å². The zero-order chi connectivity index (χ0) is 13.1. The molecule has 0 bridgehead atoms. The van der Waals surface area contributed by atoms with Crippen molar-refractivity contribution in [2.45, 2.75) is 73.5 Å². The second kappa shape index (κ2) is 5.50. The molecule has 0 aromatic carbocycles. The molecule has 0 saturated heterocycles. The van der Waals surface area contributed by atoms with Gasteiger partial charge in [0.05, 0.1) is 11.2 Å². The largest absolute Gasteiger partial charge is 0.339 e. The smallest absolute Gasteiger partial charge is 0.221 e. The minimum Gasteiger partial charge on any atom is -0.339 e. The highest BCUT2D eigenvalue weighted by Gasteiger charge is 2.31. The number of ether oxygens (including phenoxy) is 2. The van der Waals surface area contributed by atoms with Gasteiger partial charge in [-0.05, 0) is 46.5 Å². The first-order valence-corrected chi connectivity index (χ1v) is 6.20. The third-order valence-corrected chi connectivity index (χ3v) is 3.59. The number of hydrogen-bond donors (Lipinski definition) is 0. The Hall–Kier alpha value is -0.0800. The van der Waals surface area contributed by atoms with E-state index in [0.717, 1.165) is 0 Å². The van der Waals surface area contributed by atoms with Gasteiger partial charge in [0.1, 0.15) is 0 Å². The summed E-state index contributed by atoms with van der Waals surface area (Å²) in [6.45, 7) is 18.9. The van der Waals surface area contributed by atoms with E-state index in [-0.39, 0.29) is 11.2 Å². The summed E-state index contributed by atoms with van der Waals surface area (Å²) in [7, 11) is 0. The molecular weight excluding hydrogens is 200 g/mol. The van der Waals surface area contributed by atoms with Crippen LogP contribution < -0.4 is 0 Å². The molecule has 97 valence electrons. The predicted molar refractivity (Wildman–Crippen MR) is 68.9 cm³/mol. The monoisotopic (exact) mass is 229 g/mol. The lowest BCUT2D eigenvalue weighted by Gasteiger charge is -2.37. The zero-order valence-corrected chi connectivity index (χ0v) is 12.5. The van der Waals surface area contributed by atoms with Crippen LogP contribution in [0.4, 0.5) is 0 Å². The Morgan fingerprint density at radius 3 is 1.19 bits per heavy atom. The fraction of sp³-hybridized carbons (Fsp3) is 0.929. The highest BCUT2D eigenvalue weighted by molar-refractivity contribution is 4.81. The van der Waals surface area contributed by atoms with Crippen molar-refractivity contribution in [3.63, 3.8) is 0 Å². The lowest BCUT2D eigenvalue weighted by molar-refractivity contribution is -0.181. The first kappa shape index (κ1) is 15.9. The van der Waals surface area contributed by atoms with E-state index in [1.165, 1.54) is 0 Å². The van der Waals surface area contributed by atoms with Gasteiger partial charge in [0.25, 0.3) is 0 Å². The van der Waals surface area contributed by atoms with Crippen molar-refractivity contribution in [3.05, 3.63) is 6.29 Å². The molecule has 0 aliphatic carbocycles. The highest BCUT2D eigenvalue weighted by atomic mass is 16.7. The number of rotatable bonds is 6. The summed E-state index contributed by atoms with van der Waals surface area (Å²) in [6.07, 6.45) is 0.664. The van der Waals surface area contributed by atoms with E-state index in [1.807, 2.05) is 6.92 Å². The summed E-state index contributed by atoms with van der Waals surface area (Å²) in [6, 6.07) is 0. The van der Waals surface area contributed by atoms with Gasteiger partial charge in [0, 0.05) is 0 Å². The Morgan fingerprint density at radius 1 is 0.750 bits per heavy atom. The summed E-state index contributed by atoms with van der Waals surface area (Å²) >= 11 is 0. The first-order chi connectivity index (χ1) is 6.99. The van der Waals surface area contributed by atoms with E-state index < -0.39 is 0 Å². The second-order valence-electron chi connectivity index (χ2n) is 6.21. The molecular formula is C14H29O2. The summed E-state index contributed by atoms with van der Waals surface area (Å²) in [5.74, 6) is 0.904. The Bertz CT molecular complexity index is 183. The standard InChI is InChI=1S/C14H29O2/c1-10(2)13(6,7)15-12(5)16-14(8,9)11(3)4/h10-11H,1-9H3. The summed E-state index contributed by atoms with van der Waals surface area (Å²) < 4.78 is 11.8. The normalized spacial score (nSPS) is 14.2. The molecule has 0 unspecified atom stereocenters. The van der Waals surface area contributed by atoms with Gasteiger partial charge in [-0.1, -0.05) is 27.7 Å². The Balaban J connectivity index is 4.34. The van der Waals surface area contributed by atoms with Crippen molar-refractivity contribution < 1.29 is 9.47 Å². The van der Waals surface area contributed by atoms with E-state index >= 15 is 0 Å². The molecule has 0 aromatic heterocycles. The maximum Gasteiger partial charge on any atom is 0.221 e. The summed E-state index contributed by atoms with van der Waals surface area (Å²) in [4.78, 5) is 0.